The maximum Gasteiger partial charge on any atom is 0.254 e. The molecule has 1 amide bonds. The predicted octanol–water partition coefficient (Wildman–Crippen LogP) is 2.52. The molecule has 17 heavy (non-hydrogen) atoms. The molecule has 1 fully saturated rings. The average Bonchev–Trinajstić information content (AvgIpc) is 2.78. The van der Waals surface area contributed by atoms with Crippen molar-refractivity contribution in [2.45, 2.75) is 26.2 Å². The number of rotatable bonds is 1. The highest BCUT2D eigenvalue weighted by atomic mass is 32.1. The molecular weight excluding hydrogens is 234 g/mol. The van der Waals surface area contributed by atoms with Crippen molar-refractivity contribution in [2.75, 3.05) is 26.3 Å². The molecule has 0 aromatic carbocycles. The van der Waals surface area contributed by atoms with Gasteiger partial charge in [0.15, 0.2) is 0 Å². The second kappa shape index (κ2) is 4.78. The molecule has 0 atom stereocenters. The third-order valence-corrected chi connectivity index (χ3v) is 4.24. The first-order valence-electron chi connectivity index (χ1n) is 5.94. The van der Waals surface area contributed by atoms with E-state index in [2.05, 4.69) is 20.8 Å². The quantitative estimate of drug-likeness (QED) is 0.769. The highest BCUT2D eigenvalue weighted by Gasteiger charge is 2.22. The van der Waals surface area contributed by atoms with Crippen LogP contribution in [0.4, 0.5) is 0 Å². The number of hydrogen-bond donors (Lipinski definition) is 0. The zero-order valence-corrected chi connectivity index (χ0v) is 11.5. The molecule has 0 radical (unpaired) electrons. The first-order valence-corrected chi connectivity index (χ1v) is 6.82. The molecule has 2 heterocycles. The molecule has 0 N–H and O–H groups in total. The fourth-order valence-corrected chi connectivity index (χ4v) is 2.76. The van der Waals surface area contributed by atoms with Crippen LogP contribution in [-0.2, 0) is 10.2 Å². The zero-order valence-electron chi connectivity index (χ0n) is 10.7. The van der Waals surface area contributed by atoms with Crippen molar-refractivity contribution in [1.82, 2.24) is 4.90 Å². The standard InChI is InChI=1S/C13H19NO2S/c1-13(2,3)11-8-10(9-17-11)12(15)14-4-6-16-7-5-14/h8-9H,4-7H2,1-3H3. The Morgan fingerprint density at radius 3 is 2.53 bits per heavy atom. The summed E-state index contributed by atoms with van der Waals surface area (Å²) in [5, 5.41) is 1.97. The van der Waals surface area contributed by atoms with Gasteiger partial charge in [-0.15, -0.1) is 11.3 Å². The van der Waals surface area contributed by atoms with Gasteiger partial charge in [-0.1, -0.05) is 20.8 Å². The summed E-state index contributed by atoms with van der Waals surface area (Å²) >= 11 is 1.67. The lowest BCUT2D eigenvalue weighted by Gasteiger charge is -2.26. The lowest BCUT2D eigenvalue weighted by molar-refractivity contribution is 0.0303. The van der Waals surface area contributed by atoms with Gasteiger partial charge in [0, 0.05) is 23.3 Å². The van der Waals surface area contributed by atoms with Gasteiger partial charge in [-0.05, 0) is 11.5 Å². The number of hydrogen-bond acceptors (Lipinski definition) is 3. The Morgan fingerprint density at radius 1 is 1.35 bits per heavy atom. The maximum absolute atomic E-state index is 12.2. The van der Waals surface area contributed by atoms with Gasteiger partial charge in [0.2, 0.25) is 0 Å². The molecule has 0 saturated carbocycles. The number of carbonyl (C=O) groups is 1. The molecule has 94 valence electrons. The van der Waals surface area contributed by atoms with Gasteiger partial charge in [0.05, 0.1) is 18.8 Å². The Kier molecular flexibility index (Phi) is 3.54. The van der Waals surface area contributed by atoms with Gasteiger partial charge in [-0.25, -0.2) is 0 Å². The minimum atomic E-state index is 0.119. The van der Waals surface area contributed by atoms with Crippen molar-refractivity contribution in [3.8, 4) is 0 Å². The molecule has 1 saturated heterocycles. The van der Waals surface area contributed by atoms with Crippen LogP contribution in [0.25, 0.3) is 0 Å². The van der Waals surface area contributed by atoms with Gasteiger partial charge in [0.1, 0.15) is 0 Å². The second-order valence-corrected chi connectivity index (χ2v) is 6.27. The monoisotopic (exact) mass is 253 g/mol. The van der Waals surface area contributed by atoms with Crippen molar-refractivity contribution >= 4 is 17.2 Å². The Bertz CT molecular complexity index is 400. The summed E-state index contributed by atoms with van der Waals surface area (Å²) in [6.07, 6.45) is 0. The van der Waals surface area contributed by atoms with E-state index in [9.17, 15) is 4.79 Å². The van der Waals surface area contributed by atoms with Crippen molar-refractivity contribution in [1.29, 1.82) is 0 Å². The fraction of sp³-hybridized carbons (Fsp3) is 0.615. The zero-order chi connectivity index (χ0) is 12.5. The van der Waals surface area contributed by atoms with Gasteiger partial charge < -0.3 is 9.64 Å². The summed E-state index contributed by atoms with van der Waals surface area (Å²) in [6, 6.07) is 2.03. The lowest BCUT2D eigenvalue weighted by atomic mass is 9.94. The SMILES string of the molecule is CC(C)(C)c1cc(C(=O)N2CCOCC2)cs1. The first-order chi connectivity index (χ1) is 7.98. The second-order valence-electron chi connectivity index (χ2n) is 5.35. The lowest BCUT2D eigenvalue weighted by Crippen LogP contribution is -2.40. The molecule has 1 aromatic heterocycles. The van der Waals surface area contributed by atoms with E-state index in [4.69, 9.17) is 4.74 Å². The van der Waals surface area contributed by atoms with E-state index in [0.717, 1.165) is 5.56 Å². The van der Waals surface area contributed by atoms with Crippen LogP contribution in [0.1, 0.15) is 36.0 Å². The highest BCUT2D eigenvalue weighted by molar-refractivity contribution is 7.10. The highest BCUT2D eigenvalue weighted by Crippen LogP contribution is 2.29. The molecule has 4 heteroatoms. The van der Waals surface area contributed by atoms with Crippen LogP contribution in [0, 0.1) is 0 Å². The molecule has 0 spiro atoms. The van der Waals surface area contributed by atoms with Gasteiger partial charge >= 0.3 is 0 Å². The third-order valence-electron chi connectivity index (χ3n) is 2.88. The van der Waals surface area contributed by atoms with Crippen LogP contribution in [0.15, 0.2) is 11.4 Å². The summed E-state index contributed by atoms with van der Waals surface area (Å²) < 4.78 is 5.25. The molecule has 1 aromatic rings. The van der Waals surface area contributed by atoms with Crippen molar-refractivity contribution in [2.24, 2.45) is 0 Å². The number of thiophene rings is 1. The number of morpholine rings is 1. The summed E-state index contributed by atoms with van der Waals surface area (Å²) in [5.74, 6) is 0.139. The van der Waals surface area contributed by atoms with Crippen molar-refractivity contribution < 1.29 is 9.53 Å². The largest absolute Gasteiger partial charge is 0.378 e. The Hall–Kier alpha value is -0.870. The molecule has 2 rings (SSSR count). The molecular formula is C13H19NO2S. The Balaban J connectivity index is 2.11. The maximum atomic E-state index is 12.2. The van der Waals surface area contributed by atoms with Crippen LogP contribution in [0.3, 0.4) is 0 Å². The third kappa shape index (κ3) is 2.87. The average molecular weight is 253 g/mol. The van der Waals surface area contributed by atoms with Crippen LogP contribution in [-0.4, -0.2) is 37.1 Å². The van der Waals surface area contributed by atoms with Crippen LogP contribution >= 0.6 is 11.3 Å². The minimum absolute atomic E-state index is 0.119. The molecule has 3 nitrogen and oxygen atoms in total. The van der Waals surface area contributed by atoms with E-state index >= 15 is 0 Å². The molecule has 1 aliphatic heterocycles. The normalized spacial score (nSPS) is 17.2. The molecule has 0 unspecified atom stereocenters. The van der Waals surface area contributed by atoms with E-state index in [0.29, 0.717) is 26.3 Å². The van der Waals surface area contributed by atoms with Crippen LogP contribution in [0.2, 0.25) is 0 Å². The minimum Gasteiger partial charge on any atom is -0.378 e. The Morgan fingerprint density at radius 2 is 2.00 bits per heavy atom. The smallest absolute Gasteiger partial charge is 0.254 e. The van der Waals surface area contributed by atoms with Crippen LogP contribution < -0.4 is 0 Å². The number of nitrogens with zero attached hydrogens (tertiary/aromatic N) is 1. The van der Waals surface area contributed by atoms with Gasteiger partial charge in [-0.2, -0.15) is 0 Å². The summed E-state index contributed by atoms with van der Waals surface area (Å²) in [4.78, 5) is 15.3. The predicted molar refractivity (Wildman–Crippen MR) is 69.7 cm³/mol. The van der Waals surface area contributed by atoms with Gasteiger partial charge in [0.25, 0.3) is 5.91 Å². The van der Waals surface area contributed by atoms with E-state index in [1.54, 1.807) is 11.3 Å². The van der Waals surface area contributed by atoms with E-state index < -0.39 is 0 Å². The van der Waals surface area contributed by atoms with Gasteiger partial charge in [-0.3, -0.25) is 4.79 Å². The first kappa shape index (κ1) is 12.6. The topological polar surface area (TPSA) is 29.5 Å². The number of ether oxygens (including phenoxy) is 1. The fourth-order valence-electron chi connectivity index (χ4n) is 1.79. The van der Waals surface area contributed by atoms with E-state index in [-0.39, 0.29) is 11.3 Å². The van der Waals surface area contributed by atoms with E-state index in [1.165, 1.54) is 4.88 Å². The Labute approximate surface area is 106 Å². The summed E-state index contributed by atoms with van der Waals surface area (Å²) in [7, 11) is 0. The molecule has 0 bridgehead atoms. The number of carbonyl (C=O) groups excluding carboxylic acids is 1. The van der Waals surface area contributed by atoms with E-state index in [1.807, 2.05) is 16.3 Å². The number of amides is 1. The summed E-state index contributed by atoms with van der Waals surface area (Å²) in [6.45, 7) is 9.23. The summed E-state index contributed by atoms with van der Waals surface area (Å²) in [5.41, 5.74) is 0.940. The van der Waals surface area contributed by atoms with Crippen LogP contribution in [0.5, 0.6) is 0 Å². The van der Waals surface area contributed by atoms with Crippen molar-refractivity contribution in [3.63, 3.8) is 0 Å². The molecule has 0 aliphatic carbocycles. The van der Waals surface area contributed by atoms with Crippen molar-refractivity contribution in [3.05, 3.63) is 21.9 Å². The molecule has 1 aliphatic rings.